The minimum Gasteiger partial charge on any atom is -0.225 e. The van der Waals surface area contributed by atoms with Gasteiger partial charge in [0.15, 0.2) is 0 Å². The number of hydrogen-bond acceptors (Lipinski definition) is 4. The zero-order valence-corrected chi connectivity index (χ0v) is 7.85. The van der Waals surface area contributed by atoms with E-state index in [1.165, 1.54) is 19.3 Å². The van der Waals surface area contributed by atoms with Gasteiger partial charge in [0.2, 0.25) is 0 Å². The average molecular weight is 178 g/mol. The minimum absolute atomic E-state index is 0.911. The Morgan fingerprint density at radius 3 is 2.38 bits per heavy atom. The first-order chi connectivity index (χ1) is 6.43. The summed E-state index contributed by atoms with van der Waals surface area (Å²) in [7, 11) is 0. The molecule has 0 atom stereocenters. The van der Waals surface area contributed by atoms with Gasteiger partial charge < -0.3 is 0 Å². The van der Waals surface area contributed by atoms with E-state index in [-0.39, 0.29) is 0 Å². The van der Waals surface area contributed by atoms with E-state index in [0.29, 0.717) is 0 Å². The van der Waals surface area contributed by atoms with Crippen LogP contribution in [0.2, 0.25) is 0 Å². The number of hydrogen-bond donors (Lipinski definition) is 0. The molecule has 0 aliphatic carbocycles. The molecule has 0 aromatic carbocycles. The zero-order valence-electron chi connectivity index (χ0n) is 7.85. The highest BCUT2D eigenvalue weighted by Crippen LogP contribution is 1.99. The van der Waals surface area contributed by atoms with E-state index < -0.39 is 0 Å². The van der Waals surface area contributed by atoms with Crippen molar-refractivity contribution in [1.29, 1.82) is 5.26 Å². The normalized spacial score (nSPS) is 8.54. The summed E-state index contributed by atoms with van der Waals surface area (Å²) < 4.78 is 0. The van der Waals surface area contributed by atoms with Gasteiger partial charge in [-0.15, -0.1) is 0 Å². The molecule has 13 heavy (non-hydrogen) atoms. The second kappa shape index (κ2) is 8.60. The Kier molecular flexibility index (Phi) is 7.60. The molecule has 0 amide bonds. The zero-order chi connectivity index (χ0) is 9.94. The third-order valence-electron chi connectivity index (χ3n) is 1.55. The van der Waals surface area contributed by atoms with Crippen molar-refractivity contribution in [2.75, 3.05) is 0 Å². The van der Waals surface area contributed by atoms with Crippen LogP contribution in [0.5, 0.6) is 0 Å². The Labute approximate surface area is 78.7 Å². The van der Waals surface area contributed by atoms with Crippen LogP contribution in [0.25, 0.3) is 0 Å². The van der Waals surface area contributed by atoms with E-state index in [0.717, 1.165) is 12.2 Å². The highest BCUT2D eigenvalue weighted by molar-refractivity contribution is 4.80. The topological polar surface area (TPSA) is 62.5 Å². The van der Waals surface area contributed by atoms with Gasteiger partial charge in [0.25, 0.3) is 0 Å². The Hall–Kier alpha value is -1.50. The summed E-state index contributed by atoms with van der Waals surface area (Å²) in [4.78, 5) is 11.8. The minimum atomic E-state index is 0.911. The highest BCUT2D eigenvalue weighted by Gasteiger charge is 1.92. The number of rotatable bonds is 4. The first kappa shape index (κ1) is 11.5. The number of aromatic nitrogens is 3. The van der Waals surface area contributed by atoms with Crippen molar-refractivity contribution in [3.63, 3.8) is 0 Å². The second-order valence-corrected chi connectivity index (χ2v) is 2.51. The number of nitrogens with zero attached hydrogens (tertiary/aromatic N) is 4. The Bertz CT molecular complexity index is 220. The molecule has 1 aromatic rings. The number of aryl methyl sites for hydroxylation is 1. The van der Waals surface area contributed by atoms with E-state index in [4.69, 9.17) is 5.26 Å². The molecule has 0 unspecified atom stereocenters. The largest absolute Gasteiger partial charge is 0.225 e. The van der Waals surface area contributed by atoms with Crippen molar-refractivity contribution in [2.24, 2.45) is 0 Å². The lowest BCUT2D eigenvalue weighted by molar-refractivity contribution is 0.689. The van der Waals surface area contributed by atoms with Crippen molar-refractivity contribution in [2.45, 2.75) is 32.6 Å². The van der Waals surface area contributed by atoms with Crippen LogP contribution in [0.15, 0.2) is 12.7 Å². The molecule has 0 aliphatic heterocycles. The van der Waals surface area contributed by atoms with Crippen LogP contribution in [-0.2, 0) is 6.42 Å². The summed E-state index contributed by atoms with van der Waals surface area (Å²) >= 11 is 0. The molecule has 4 nitrogen and oxygen atoms in total. The molecule has 1 heterocycles. The summed E-state index contributed by atoms with van der Waals surface area (Å²) in [6.07, 6.45) is 7.76. The van der Waals surface area contributed by atoms with Gasteiger partial charge in [-0.25, -0.2) is 20.2 Å². The van der Waals surface area contributed by atoms with Crippen LogP contribution in [0.4, 0.5) is 0 Å². The van der Waals surface area contributed by atoms with Crippen LogP contribution < -0.4 is 0 Å². The Balaban J connectivity index is 0.000000671. The highest BCUT2D eigenvalue weighted by atomic mass is 15.0. The van der Waals surface area contributed by atoms with Crippen molar-refractivity contribution in [1.82, 2.24) is 15.0 Å². The molecule has 70 valence electrons. The molecule has 1 aromatic heterocycles. The van der Waals surface area contributed by atoms with Gasteiger partial charge in [0.1, 0.15) is 18.5 Å². The molecular weight excluding hydrogens is 164 g/mol. The molecule has 1 rings (SSSR count). The van der Waals surface area contributed by atoms with Crippen molar-refractivity contribution >= 4 is 0 Å². The molecular formula is C9H14N4. The van der Waals surface area contributed by atoms with Gasteiger partial charge in [-0.1, -0.05) is 19.8 Å². The summed E-state index contributed by atoms with van der Waals surface area (Å²) in [5.41, 5.74) is 0. The second-order valence-electron chi connectivity index (χ2n) is 2.51. The molecule has 0 saturated heterocycles. The first-order valence-electron chi connectivity index (χ1n) is 4.30. The maximum absolute atomic E-state index is 6.50. The van der Waals surface area contributed by atoms with Crippen LogP contribution >= 0.6 is 0 Å². The molecule has 4 heteroatoms. The lowest BCUT2D eigenvalue weighted by Crippen LogP contribution is -1.94. The van der Waals surface area contributed by atoms with E-state index in [9.17, 15) is 0 Å². The lowest BCUT2D eigenvalue weighted by atomic mass is 10.2. The standard InChI is InChI=1S/C8H13N3.CHN/c1-2-3-4-5-8-10-6-9-7-11-8;1-2/h6-7H,2-5H2,1H3;1H. The SMILES string of the molecule is C#N.CCCCCc1ncncn1. The fraction of sp³-hybridized carbons (Fsp3) is 0.556. The maximum atomic E-state index is 6.50. The lowest BCUT2D eigenvalue weighted by Gasteiger charge is -1.95. The van der Waals surface area contributed by atoms with Crippen LogP contribution in [-0.4, -0.2) is 15.0 Å². The molecule has 0 fully saturated rings. The van der Waals surface area contributed by atoms with Crippen molar-refractivity contribution in [3.8, 4) is 6.57 Å². The third kappa shape index (κ3) is 5.74. The number of unbranched alkanes of at least 4 members (excludes halogenated alkanes) is 2. The Morgan fingerprint density at radius 1 is 1.23 bits per heavy atom. The van der Waals surface area contributed by atoms with Crippen LogP contribution in [0, 0.1) is 11.8 Å². The Morgan fingerprint density at radius 2 is 1.85 bits per heavy atom. The predicted molar refractivity (Wildman–Crippen MR) is 49.7 cm³/mol. The van der Waals surface area contributed by atoms with Gasteiger partial charge >= 0.3 is 0 Å². The van der Waals surface area contributed by atoms with E-state index in [1.807, 2.05) is 0 Å². The van der Waals surface area contributed by atoms with E-state index in [2.05, 4.69) is 28.4 Å². The van der Waals surface area contributed by atoms with Gasteiger partial charge in [-0.3, -0.25) is 0 Å². The van der Waals surface area contributed by atoms with E-state index >= 15 is 0 Å². The van der Waals surface area contributed by atoms with Crippen LogP contribution in [0.3, 0.4) is 0 Å². The molecule has 0 spiro atoms. The third-order valence-corrected chi connectivity index (χ3v) is 1.55. The van der Waals surface area contributed by atoms with Gasteiger partial charge in [0.05, 0.1) is 0 Å². The van der Waals surface area contributed by atoms with Gasteiger partial charge in [-0.2, -0.15) is 0 Å². The smallest absolute Gasteiger partial charge is 0.131 e. The monoisotopic (exact) mass is 178 g/mol. The number of nitriles is 1. The fourth-order valence-corrected chi connectivity index (χ4v) is 0.925. The summed E-state index contributed by atoms with van der Waals surface area (Å²) in [5.74, 6) is 0.911. The molecule has 0 saturated carbocycles. The van der Waals surface area contributed by atoms with Gasteiger partial charge in [-0.05, 0) is 6.42 Å². The fourth-order valence-electron chi connectivity index (χ4n) is 0.925. The quantitative estimate of drug-likeness (QED) is 0.659. The summed E-state index contributed by atoms with van der Waals surface area (Å²) in [6, 6.07) is 0. The van der Waals surface area contributed by atoms with Crippen LogP contribution in [0.1, 0.15) is 32.0 Å². The van der Waals surface area contributed by atoms with Crippen molar-refractivity contribution < 1.29 is 0 Å². The first-order valence-corrected chi connectivity index (χ1v) is 4.30. The van der Waals surface area contributed by atoms with Gasteiger partial charge in [0, 0.05) is 13.0 Å². The van der Waals surface area contributed by atoms with E-state index in [1.54, 1.807) is 12.7 Å². The average Bonchev–Trinajstić information content (AvgIpc) is 2.23. The summed E-state index contributed by atoms with van der Waals surface area (Å²) in [5, 5.41) is 6.50. The predicted octanol–water partition coefficient (Wildman–Crippen LogP) is 1.74. The molecule has 0 aliphatic rings. The maximum Gasteiger partial charge on any atom is 0.131 e. The molecule has 0 bridgehead atoms. The van der Waals surface area contributed by atoms with Crippen molar-refractivity contribution in [3.05, 3.63) is 18.5 Å². The molecule has 0 radical (unpaired) electrons. The molecule has 0 N–H and O–H groups in total. The summed E-state index contributed by atoms with van der Waals surface area (Å²) in [6.45, 7) is 5.69.